The summed E-state index contributed by atoms with van der Waals surface area (Å²) in [4.78, 5) is 27.0. The smallest absolute Gasteiger partial charge is 0.338 e. The van der Waals surface area contributed by atoms with E-state index < -0.39 is 17.4 Å². The molecule has 2 N–H and O–H groups in total. The van der Waals surface area contributed by atoms with Crippen LogP contribution in [0.5, 0.6) is 0 Å². The molecule has 0 aliphatic carbocycles. The molecule has 0 spiro atoms. The minimum Gasteiger partial charge on any atom is -0.478 e. The standard InChI is InChI=1S/C26H25Br2NO4/c1-14-20(24(30)31)23(21(25(32)33)15(2)22(14)26(3,4)5)29(18-10-6-16(27)7-11-18)19-12-8-17(28)9-13-19/h6-13H,1-5H3,(H,30,31)(H,32,33). The number of anilines is 3. The first-order valence-electron chi connectivity index (χ1n) is 10.3. The molecule has 3 aromatic rings. The van der Waals surface area contributed by atoms with Crippen LogP contribution < -0.4 is 4.90 Å². The topological polar surface area (TPSA) is 77.8 Å². The molecule has 7 heteroatoms. The molecular weight excluding hydrogens is 550 g/mol. The maximum atomic E-state index is 12.6. The molecule has 0 aromatic heterocycles. The summed E-state index contributed by atoms with van der Waals surface area (Å²) in [7, 11) is 0. The highest BCUT2D eigenvalue weighted by molar-refractivity contribution is 9.10. The van der Waals surface area contributed by atoms with Gasteiger partial charge >= 0.3 is 11.9 Å². The maximum Gasteiger partial charge on any atom is 0.338 e. The average Bonchev–Trinajstić information content (AvgIpc) is 2.69. The van der Waals surface area contributed by atoms with Crippen molar-refractivity contribution >= 4 is 60.9 Å². The Labute approximate surface area is 210 Å². The van der Waals surface area contributed by atoms with E-state index in [1.165, 1.54) is 0 Å². The summed E-state index contributed by atoms with van der Waals surface area (Å²) < 4.78 is 1.71. The third kappa shape index (κ3) is 4.84. The van der Waals surface area contributed by atoms with Crippen LogP contribution in [0.25, 0.3) is 0 Å². The van der Waals surface area contributed by atoms with Gasteiger partial charge in [0.25, 0.3) is 0 Å². The van der Waals surface area contributed by atoms with Gasteiger partial charge in [-0.25, -0.2) is 9.59 Å². The predicted molar refractivity (Wildman–Crippen MR) is 139 cm³/mol. The normalized spacial score (nSPS) is 11.4. The number of benzene rings is 3. The third-order valence-corrected chi connectivity index (χ3v) is 6.60. The van der Waals surface area contributed by atoms with E-state index in [9.17, 15) is 19.8 Å². The molecule has 5 nitrogen and oxygen atoms in total. The van der Waals surface area contributed by atoms with Crippen molar-refractivity contribution in [2.75, 3.05) is 4.90 Å². The van der Waals surface area contributed by atoms with Crippen LogP contribution in [0.15, 0.2) is 57.5 Å². The third-order valence-electron chi connectivity index (χ3n) is 5.54. The fraction of sp³-hybridized carbons (Fsp3) is 0.231. The molecule has 0 unspecified atom stereocenters. The minimum atomic E-state index is -1.17. The van der Waals surface area contributed by atoms with Crippen LogP contribution in [0.4, 0.5) is 17.1 Å². The van der Waals surface area contributed by atoms with Gasteiger partial charge in [0, 0.05) is 20.3 Å². The van der Waals surface area contributed by atoms with Gasteiger partial charge in [0.1, 0.15) is 0 Å². The van der Waals surface area contributed by atoms with E-state index in [1.807, 2.05) is 69.3 Å². The van der Waals surface area contributed by atoms with Gasteiger partial charge in [-0.3, -0.25) is 0 Å². The largest absolute Gasteiger partial charge is 0.478 e. The van der Waals surface area contributed by atoms with Crippen LogP contribution in [0.1, 0.15) is 58.2 Å². The molecule has 172 valence electrons. The lowest BCUT2D eigenvalue weighted by molar-refractivity contribution is 0.0695. The van der Waals surface area contributed by atoms with Crippen LogP contribution in [0.3, 0.4) is 0 Å². The van der Waals surface area contributed by atoms with Crippen molar-refractivity contribution in [2.24, 2.45) is 0 Å². The molecule has 33 heavy (non-hydrogen) atoms. The number of halogens is 2. The van der Waals surface area contributed by atoms with Crippen molar-refractivity contribution in [3.8, 4) is 0 Å². The summed E-state index contributed by atoms with van der Waals surface area (Å²) in [6.07, 6.45) is 0. The Balaban J connectivity index is 2.55. The van der Waals surface area contributed by atoms with Gasteiger partial charge < -0.3 is 15.1 Å². The zero-order valence-electron chi connectivity index (χ0n) is 19.0. The van der Waals surface area contributed by atoms with E-state index in [1.54, 1.807) is 18.7 Å². The summed E-state index contributed by atoms with van der Waals surface area (Å²) in [6.45, 7) is 9.39. The van der Waals surface area contributed by atoms with Crippen molar-refractivity contribution in [3.63, 3.8) is 0 Å². The molecule has 0 radical (unpaired) electrons. The van der Waals surface area contributed by atoms with Gasteiger partial charge in [-0.15, -0.1) is 0 Å². The molecule has 0 bridgehead atoms. The number of hydrogen-bond donors (Lipinski definition) is 2. The van der Waals surface area contributed by atoms with E-state index in [4.69, 9.17) is 0 Å². The van der Waals surface area contributed by atoms with E-state index in [0.29, 0.717) is 22.5 Å². The quantitative estimate of drug-likeness (QED) is 0.323. The molecule has 0 aliphatic heterocycles. The molecule has 0 heterocycles. The number of rotatable bonds is 5. The second-order valence-electron chi connectivity index (χ2n) is 8.87. The Hall–Kier alpha value is -2.64. The zero-order valence-corrected chi connectivity index (χ0v) is 22.2. The summed E-state index contributed by atoms with van der Waals surface area (Å²) in [5.41, 5.74) is 2.80. The van der Waals surface area contributed by atoms with Crippen LogP contribution in [-0.2, 0) is 5.41 Å². The van der Waals surface area contributed by atoms with Gasteiger partial charge in [0.05, 0.1) is 16.8 Å². The molecular formula is C26H25Br2NO4. The molecule has 3 aromatic carbocycles. The van der Waals surface area contributed by atoms with Crippen molar-refractivity contribution in [2.45, 2.75) is 40.0 Å². The molecule has 0 saturated heterocycles. The lowest BCUT2D eigenvalue weighted by Gasteiger charge is -2.33. The van der Waals surface area contributed by atoms with Crippen LogP contribution in [0.2, 0.25) is 0 Å². The van der Waals surface area contributed by atoms with Gasteiger partial charge in [-0.05, 0) is 84.5 Å². The van der Waals surface area contributed by atoms with Crippen molar-refractivity contribution in [1.29, 1.82) is 0 Å². The number of hydrogen-bond acceptors (Lipinski definition) is 3. The zero-order chi connectivity index (χ0) is 24.7. The number of aromatic carboxylic acids is 2. The fourth-order valence-corrected chi connectivity index (χ4v) is 5.00. The van der Waals surface area contributed by atoms with E-state index >= 15 is 0 Å². The number of carbonyl (C=O) groups is 2. The second-order valence-corrected chi connectivity index (χ2v) is 10.7. The van der Waals surface area contributed by atoms with E-state index in [-0.39, 0.29) is 16.8 Å². The van der Waals surface area contributed by atoms with Crippen molar-refractivity contribution < 1.29 is 19.8 Å². The SMILES string of the molecule is Cc1c(C(=O)O)c(N(c2ccc(Br)cc2)c2ccc(Br)cc2)c(C(=O)O)c(C)c1C(C)(C)C. The highest BCUT2D eigenvalue weighted by atomic mass is 79.9. The summed E-state index contributed by atoms with van der Waals surface area (Å²) >= 11 is 6.87. The monoisotopic (exact) mass is 573 g/mol. The van der Waals surface area contributed by atoms with Crippen LogP contribution in [0, 0.1) is 13.8 Å². The molecule has 3 rings (SSSR count). The van der Waals surface area contributed by atoms with Crippen LogP contribution in [-0.4, -0.2) is 22.2 Å². The van der Waals surface area contributed by atoms with E-state index in [2.05, 4.69) is 31.9 Å². The number of carboxylic acids is 2. The van der Waals surface area contributed by atoms with Crippen LogP contribution >= 0.6 is 31.9 Å². The predicted octanol–water partition coefficient (Wildman–Crippen LogP) is 7.99. The van der Waals surface area contributed by atoms with Gasteiger partial charge in [0.15, 0.2) is 0 Å². The fourth-order valence-electron chi connectivity index (χ4n) is 4.47. The molecule has 0 atom stereocenters. The highest BCUT2D eigenvalue weighted by Crippen LogP contribution is 2.45. The summed E-state index contributed by atoms with van der Waals surface area (Å²) in [5, 5.41) is 20.7. The Morgan fingerprint density at radius 3 is 1.33 bits per heavy atom. The van der Waals surface area contributed by atoms with Gasteiger partial charge in [-0.2, -0.15) is 0 Å². The average molecular weight is 575 g/mol. The molecule has 0 aliphatic rings. The number of nitrogens with zero attached hydrogens (tertiary/aromatic N) is 1. The van der Waals surface area contributed by atoms with Crippen molar-refractivity contribution in [1.82, 2.24) is 0 Å². The maximum absolute atomic E-state index is 12.6. The minimum absolute atomic E-state index is 0.0197. The highest BCUT2D eigenvalue weighted by Gasteiger charge is 2.34. The molecule has 0 saturated carbocycles. The Kier molecular flexibility index (Phi) is 7.05. The van der Waals surface area contributed by atoms with E-state index in [0.717, 1.165) is 14.5 Å². The van der Waals surface area contributed by atoms with Gasteiger partial charge in [0.2, 0.25) is 0 Å². The van der Waals surface area contributed by atoms with Crippen molar-refractivity contribution in [3.05, 3.63) is 85.3 Å². The molecule has 0 fully saturated rings. The Bertz CT molecular complexity index is 1140. The second kappa shape index (κ2) is 9.31. The first-order valence-corrected chi connectivity index (χ1v) is 11.9. The van der Waals surface area contributed by atoms with Gasteiger partial charge in [-0.1, -0.05) is 52.6 Å². The first kappa shape index (κ1) is 25.0. The number of carboxylic acid groups (broad SMARTS) is 2. The Morgan fingerprint density at radius 1 is 0.727 bits per heavy atom. The summed E-state index contributed by atoms with van der Waals surface area (Å²) in [6, 6.07) is 14.7. The lowest BCUT2D eigenvalue weighted by Crippen LogP contribution is -2.25. The Morgan fingerprint density at radius 2 is 1.06 bits per heavy atom. The lowest BCUT2D eigenvalue weighted by atomic mass is 9.77. The summed E-state index contributed by atoms with van der Waals surface area (Å²) in [5.74, 6) is -2.34. The first-order chi connectivity index (χ1) is 15.3. The molecule has 0 amide bonds.